The quantitative estimate of drug-likeness (QED) is 0.898. The van der Waals surface area contributed by atoms with E-state index in [1.54, 1.807) is 11.3 Å². The maximum Gasteiger partial charge on any atom is 0.133 e. The minimum Gasteiger partial charge on any atom is -0.319 e. The Bertz CT molecular complexity index is 480. The van der Waals surface area contributed by atoms with Gasteiger partial charge in [0.05, 0.1) is 10.6 Å². The molecule has 2 rings (SSSR count). The first-order chi connectivity index (χ1) is 8.72. The summed E-state index contributed by atoms with van der Waals surface area (Å²) in [6.07, 6.45) is 1.86. The molecule has 0 aromatic carbocycles. The summed E-state index contributed by atoms with van der Waals surface area (Å²) in [5.74, 6) is 1.82. The van der Waals surface area contributed by atoms with E-state index >= 15 is 0 Å². The van der Waals surface area contributed by atoms with Gasteiger partial charge in [0.1, 0.15) is 5.82 Å². The lowest BCUT2D eigenvalue weighted by Gasteiger charge is -2.19. The smallest absolute Gasteiger partial charge is 0.133 e. The Labute approximate surface area is 112 Å². The van der Waals surface area contributed by atoms with Crippen LogP contribution in [0.1, 0.15) is 25.6 Å². The maximum atomic E-state index is 4.71. The van der Waals surface area contributed by atoms with Gasteiger partial charge in [-0.15, -0.1) is 11.3 Å². The summed E-state index contributed by atoms with van der Waals surface area (Å²) in [4.78, 5) is 10.4. The number of nitrogens with zero attached hydrogens (tertiary/aromatic N) is 2. The van der Waals surface area contributed by atoms with E-state index in [0.717, 1.165) is 18.1 Å². The monoisotopic (exact) mass is 261 g/mol. The third-order valence-corrected chi connectivity index (χ3v) is 3.90. The number of likely N-dealkylation sites (N-methyl/N-ethyl adjacent to an activating group) is 1. The molecule has 2 aromatic rings. The lowest BCUT2D eigenvalue weighted by atomic mass is 9.95. The zero-order chi connectivity index (χ0) is 13.0. The third-order valence-electron chi connectivity index (χ3n) is 3.01. The van der Waals surface area contributed by atoms with Crippen LogP contribution < -0.4 is 5.32 Å². The molecule has 0 spiro atoms. The number of thiophene rings is 1. The Morgan fingerprint density at radius 3 is 2.78 bits per heavy atom. The minimum absolute atomic E-state index is 0.356. The van der Waals surface area contributed by atoms with Crippen LogP contribution in [-0.2, 0) is 0 Å². The van der Waals surface area contributed by atoms with Crippen LogP contribution in [0.25, 0.3) is 10.6 Å². The van der Waals surface area contributed by atoms with Gasteiger partial charge >= 0.3 is 0 Å². The van der Waals surface area contributed by atoms with Crippen molar-refractivity contribution in [3.05, 3.63) is 35.6 Å². The van der Waals surface area contributed by atoms with E-state index < -0.39 is 0 Å². The maximum absolute atomic E-state index is 4.71. The van der Waals surface area contributed by atoms with E-state index in [0.29, 0.717) is 11.8 Å². The predicted molar refractivity (Wildman–Crippen MR) is 76.9 cm³/mol. The molecule has 2 aromatic heterocycles. The van der Waals surface area contributed by atoms with Crippen LogP contribution >= 0.6 is 11.3 Å². The van der Waals surface area contributed by atoms with Gasteiger partial charge in [-0.2, -0.15) is 0 Å². The van der Waals surface area contributed by atoms with Gasteiger partial charge in [-0.1, -0.05) is 19.9 Å². The fourth-order valence-corrected chi connectivity index (χ4v) is 2.65. The summed E-state index contributed by atoms with van der Waals surface area (Å²) < 4.78 is 0. The molecule has 0 amide bonds. The normalized spacial score (nSPS) is 12.9. The highest BCUT2D eigenvalue weighted by Gasteiger charge is 2.18. The van der Waals surface area contributed by atoms with Crippen LogP contribution in [-0.4, -0.2) is 23.6 Å². The van der Waals surface area contributed by atoms with Gasteiger partial charge in [0.25, 0.3) is 0 Å². The van der Waals surface area contributed by atoms with E-state index in [2.05, 4.69) is 41.7 Å². The molecule has 0 fully saturated rings. The van der Waals surface area contributed by atoms with Gasteiger partial charge in [-0.05, 0) is 30.5 Å². The molecule has 0 aliphatic rings. The molecule has 0 bridgehead atoms. The molecule has 1 atom stereocenters. The Kier molecular flexibility index (Phi) is 4.44. The molecule has 0 saturated heterocycles. The number of nitrogens with one attached hydrogen (secondary N) is 1. The number of aromatic nitrogens is 2. The largest absolute Gasteiger partial charge is 0.319 e. The second-order valence-corrected chi connectivity index (χ2v) is 5.63. The van der Waals surface area contributed by atoms with Crippen molar-refractivity contribution < 1.29 is 0 Å². The van der Waals surface area contributed by atoms with E-state index in [1.807, 2.05) is 19.3 Å². The van der Waals surface area contributed by atoms with Gasteiger partial charge in [0.15, 0.2) is 0 Å². The minimum atomic E-state index is 0.356. The highest BCUT2D eigenvalue weighted by atomic mass is 32.1. The van der Waals surface area contributed by atoms with Gasteiger partial charge in [-0.25, -0.2) is 9.97 Å². The van der Waals surface area contributed by atoms with Crippen molar-refractivity contribution in [3.8, 4) is 10.6 Å². The second kappa shape index (κ2) is 6.07. The first kappa shape index (κ1) is 13.2. The van der Waals surface area contributed by atoms with E-state index in [4.69, 9.17) is 4.98 Å². The lowest BCUT2D eigenvalue weighted by molar-refractivity contribution is 0.458. The second-order valence-electron chi connectivity index (χ2n) is 4.69. The zero-order valence-electron chi connectivity index (χ0n) is 11.1. The van der Waals surface area contributed by atoms with Crippen molar-refractivity contribution in [1.82, 2.24) is 15.3 Å². The molecule has 0 saturated carbocycles. The molecule has 0 aliphatic heterocycles. The molecule has 1 N–H and O–H groups in total. The number of rotatable bonds is 5. The molecule has 1 unspecified atom stereocenters. The highest BCUT2D eigenvalue weighted by Crippen LogP contribution is 2.25. The fraction of sp³-hybridized carbons (Fsp3) is 0.429. The standard InChI is InChI=1S/C14H19N3S/c1-10(2)11(9-15-3)14-16-7-6-12(17-14)13-5-4-8-18-13/h4-8,10-11,15H,9H2,1-3H3. The van der Waals surface area contributed by atoms with Crippen molar-refractivity contribution in [2.24, 2.45) is 5.92 Å². The molecule has 0 aliphatic carbocycles. The molecule has 96 valence electrons. The molecule has 4 heteroatoms. The summed E-state index contributed by atoms with van der Waals surface area (Å²) in [7, 11) is 1.97. The third kappa shape index (κ3) is 2.94. The molecule has 0 radical (unpaired) electrons. The van der Waals surface area contributed by atoms with Crippen LogP contribution in [0.4, 0.5) is 0 Å². The lowest BCUT2D eigenvalue weighted by Crippen LogP contribution is -2.23. The SMILES string of the molecule is CNCC(c1nccc(-c2cccs2)n1)C(C)C. The van der Waals surface area contributed by atoms with Crippen LogP contribution in [0, 0.1) is 5.92 Å². The Hall–Kier alpha value is -1.26. The molecular formula is C14H19N3S. The zero-order valence-corrected chi connectivity index (χ0v) is 11.9. The number of hydrogen-bond acceptors (Lipinski definition) is 4. The number of hydrogen-bond donors (Lipinski definition) is 1. The van der Waals surface area contributed by atoms with Crippen LogP contribution in [0.2, 0.25) is 0 Å². The summed E-state index contributed by atoms with van der Waals surface area (Å²) in [6.45, 7) is 5.33. The van der Waals surface area contributed by atoms with Crippen molar-refractivity contribution in [2.45, 2.75) is 19.8 Å². The topological polar surface area (TPSA) is 37.8 Å². The Morgan fingerprint density at radius 2 is 2.17 bits per heavy atom. The van der Waals surface area contributed by atoms with Crippen molar-refractivity contribution in [1.29, 1.82) is 0 Å². The van der Waals surface area contributed by atoms with Crippen molar-refractivity contribution in [3.63, 3.8) is 0 Å². The van der Waals surface area contributed by atoms with E-state index in [9.17, 15) is 0 Å². The van der Waals surface area contributed by atoms with Crippen molar-refractivity contribution >= 4 is 11.3 Å². The van der Waals surface area contributed by atoms with Crippen LogP contribution in [0.15, 0.2) is 29.8 Å². The summed E-state index contributed by atoms with van der Waals surface area (Å²) in [5, 5.41) is 5.30. The van der Waals surface area contributed by atoms with E-state index in [-0.39, 0.29) is 0 Å². The molecular weight excluding hydrogens is 242 g/mol. The Morgan fingerprint density at radius 1 is 1.33 bits per heavy atom. The molecule has 3 nitrogen and oxygen atoms in total. The fourth-order valence-electron chi connectivity index (χ4n) is 1.96. The average molecular weight is 261 g/mol. The van der Waals surface area contributed by atoms with Gasteiger partial charge in [0, 0.05) is 18.7 Å². The summed E-state index contributed by atoms with van der Waals surface area (Å²) in [6, 6.07) is 6.13. The van der Waals surface area contributed by atoms with Gasteiger partial charge < -0.3 is 5.32 Å². The summed E-state index contributed by atoms with van der Waals surface area (Å²) in [5.41, 5.74) is 1.02. The molecule has 18 heavy (non-hydrogen) atoms. The highest BCUT2D eigenvalue weighted by molar-refractivity contribution is 7.13. The van der Waals surface area contributed by atoms with Crippen LogP contribution in [0.3, 0.4) is 0 Å². The van der Waals surface area contributed by atoms with Gasteiger partial charge in [0.2, 0.25) is 0 Å². The first-order valence-corrected chi connectivity index (χ1v) is 7.11. The first-order valence-electron chi connectivity index (χ1n) is 6.23. The average Bonchev–Trinajstić information content (AvgIpc) is 2.89. The summed E-state index contributed by atoms with van der Waals surface area (Å²) >= 11 is 1.71. The van der Waals surface area contributed by atoms with Crippen LogP contribution in [0.5, 0.6) is 0 Å². The molecule has 2 heterocycles. The predicted octanol–water partition coefficient (Wildman–Crippen LogP) is 3.16. The van der Waals surface area contributed by atoms with Gasteiger partial charge in [-0.3, -0.25) is 0 Å². The van der Waals surface area contributed by atoms with Crippen molar-refractivity contribution in [2.75, 3.05) is 13.6 Å². The Balaban J connectivity index is 2.31. The van der Waals surface area contributed by atoms with E-state index in [1.165, 1.54) is 4.88 Å².